The molecule has 1 amide bonds. The molecular weight excluding hydrogens is 222 g/mol. The maximum absolute atomic E-state index is 12.8. The summed E-state index contributed by atoms with van der Waals surface area (Å²) in [7, 11) is 0. The lowest BCUT2D eigenvalue weighted by Crippen LogP contribution is -2.44. The Kier molecular flexibility index (Phi) is 4.80. The van der Waals surface area contributed by atoms with Crippen molar-refractivity contribution in [1.82, 2.24) is 4.90 Å². The molecule has 0 spiro atoms. The first kappa shape index (κ1) is 13.1. The first-order valence-electron chi connectivity index (χ1n) is 7.22. The molecule has 1 aromatic rings. The van der Waals surface area contributed by atoms with Crippen LogP contribution in [0, 0.1) is 0 Å². The number of hydrogen-bond acceptors (Lipinski definition) is 1. The number of rotatable bonds is 5. The molecule has 0 aliphatic carbocycles. The number of amides is 1. The van der Waals surface area contributed by atoms with Crippen LogP contribution in [0.3, 0.4) is 0 Å². The van der Waals surface area contributed by atoms with Gasteiger partial charge >= 0.3 is 0 Å². The monoisotopic (exact) mass is 248 g/mol. The van der Waals surface area contributed by atoms with Crippen LogP contribution in [0.5, 0.6) is 0 Å². The van der Waals surface area contributed by atoms with Crippen LogP contribution >= 0.6 is 0 Å². The van der Waals surface area contributed by atoms with Gasteiger partial charge in [-0.05, 0) is 39.7 Å². The van der Waals surface area contributed by atoms with Gasteiger partial charge in [-0.25, -0.2) is 0 Å². The molecule has 2 nitrogen and oxygen atoms in total. The lowest BCUT2D eigenvalue weighted by atomic mass is 9.94. The molecule has 100 valence electrons. The lowest BCUT2D eigenvalue weighted by Gasteiger charge is -2.34. The third kappa shape index (κ3) is 3.34. The first-order chi connectivity index (χ1) is 8.84. The molecule has 0 radical (unpaired) electrons. The minimum Gasteiger partial charge on any atom is -0.337 e. The summed E-state index contributed by atoms with van der Waals surface area (Å²) in [5, 5.41) is 0. The van der Waals surface area contributed by atoms with Gasteiger partial charge in [0.25, 0.3) is 0 Å². The lowest BCUT2D eigenvalue weighted by molar-refractivity contribution is -0.136. The molecular formula is C16H25NO. The van der Waals surface area contributed by atoms with E-state index in [2.05, 4.69) is 0 Å². The molecule has 0 saturated carbocycles. The molecule has 1 unspecified atom stereocenters. The van der Waals surface area contributed by atoms with E-state index in [0.717, 1.165) is 5.56 Å². The van der Waals surface area contributed by atoms with Gasteiger partial charge in [0.1, 0.15) is 0 Å². The molecule has 0 fully saturated rings. The average molecular weight is 248 g/mol. The summed E-state index contributed by atoms with van der Waals surface area (Å²) in [6, 6.07) is 9.63. The third-order valence-corrected chi connectivity index (χ3v) is 3.08. The molecule has 1 aromatic carbocycles. The standard InChI is InChI=1S/C16H25NO/c1-6-15(14-10-8-7-9-11-14)16(18)17(12(2)3)13(4)5/h7-13,15H,6H2,1-5H3/i15D. The van der Waals surface area contributed by atoms with Crippen molar-refractivity contribution in [2.24, 2.45) is 0 Å². The Morgan fingerprint density at radius 1 is 1.17 bits per heavy atom. The van der Waals surface area contributed by atoms with E-state index in [-0.39, 0.29) is 18.0 Å². The second-order valence-corrected chi connectivity index (χ2v) is 5.10. The van der Waals surface area contributed by atoms with E-state index in [1.165, 1.54) is 0 Å². The van der Waals surface area contributed by atoms with E-state index in [9.17, 15) is 4.79 Å². The summed E-state index contributed by atoms with van der Waals surface area (Å²) < 4.78 is 8.64. The van der Waals surface area contributed by atoms with Crippen molar-refractivity contribution in [2.75, 3.05) is 0 Å². The van der Waals surface area contributed by atoms with E-state index in [1.807, 2.05) is 69.9 Å². The zero-order valence-corrected chi connectivity index (χ0v) is 12.1. The molecule has 2 heteroatoms. The van der Waals surface area contributed by atoms with Crippen molar-refractivity contribution in [1.29, 1.82) is 0 Å². The summed E-state index contributed by atoms with van der Waals surface area (Å²) >= 11 is 0. The smallest absolute Gasteiger partial charge is 0.230 e. The number of nitrogens with zero attached hydrogens (tertiary/aromatic N) is 1. The second-order valence-electron chi connectivity index (χ2n) is 5.10. The van der Waals surface area contributed by atoms with Crippen LogP contribution in [-0.4, -0.2) is 22.9 Å². The molecule has 0 aliphatic heterocycles. The van der Waals surface area contributed by atoms with Gasteiger partial charge in [-0.1, -0.05) is 37.3 Å². The first-order valence-corrected chi connectivity index (χ1v) is 6.72. The SMILES string of the molecule is [2H]C(CC)(C(=O)N(C(C)C)C(C)C)c1ccccc1. The molecule has 0 saturated heterocycles. The molecule has 1 atom stereocenters. The molecule has 0 aromatic heterocycles. The summed E-state index contributed by atoms with van der Waals surface area (Å²) in [5.41, 5.74) is 0.772. The fourth-order valence-electron chi connectivity index (χ4n) is 2.34. The summed E-state index contributed by atoms with van der Waals surface area (Å²) in [6.45, 7) is 9.90. The van der Waals surface area contributed by atoms with Crippen molar-refractivity contribution >= 4 is 5.91 Å². The Bertz CT molecular complexity index is 408. The Hall–Kier alpha value is -1.31. The summed E-state index contributed by atoms with van der Waals surface area (Å²) in [4.78, 5) is 14.6. The highest BCUT2D eigenvalue weighted by atomic mass is 16.2. The predicted molar refractivity (Wildman–Crippen MR) is 76.6 cm³/mol. The number of carbonyl (C=O) groups is 1. The van der Waals surface area contributed by atoms with E-state index in [0.29, 0.717) is 6.42 Å². The average Bonchev–Trinajstić information content (AvgIpc) is 2.37. The summed E-state index contributed by atoms with van der Waals surface area (Å²) in [5.74, 6) is -1.29. The fourth-order valence-corrected chi connectivity index (χ4v) is 2.34. The van der Waals surface area contributed by atoms with Gasteiger partial charge < -0.3 is 4.90 Å². The van der Waals surface area contributed by atoms with E-state index in [1.54, 1.807) is 0 Å². The topological polar surface area (TPSA) is 20.3 Å². The largest absolute Gasteiger partial charge is 0.337 e. The van der Waals surface area contributed by atoms with E-state index in [4.69, 9.17) is 1.37 Å². The Morgan fingerprint density at radius 2 is 1.67 bits per heavy atom. The van der Waals surface area contributed by atoms with Gasteiger partial charge in [0.05, 0.1) is 5.89 Å². The molecule has 0 bridgehead atoms. The maximum atomic E-state index is 12.8. The second kappa shape index (κ2) is 6.58. The van der Waals surface area contributed by atoms with Crippen LogP contribution in [0.25, 0.3) is 0 Å². The predicted octanol–water partition coefficient (Wildman–Crippen LogP) is 3.83. The highest BCUT2D eigenvalue weighted by molar-refractivity contribution is 5.84. The highest BCUT2D eigenvalue weighted by Gasteiger charge is 2.27. The zero-order valence-electron chi connectivity index (χ0n) is 13.1. The van der Waals surface area contributed by atoms with Crippen molar-refractivity contribution < 1.29 is 6.17 Å². The minimum atomic E-state index is -1.18. The van der Waals surface area contributed by atoms with Crippen LogP contribution in [0.4, 0.5) is 0 Å². The van der Waals surface area contributed by atoms with Crippen LogP contribution in [0.2, 0.25) is 0 Å². The van der Waals surface area contributed by atoms with Gasteiger partial charge in [-0.15, -0.1) is 0 Å². The van der Waals surface area contributed by atoms with Crippen LogP contribution in [0.15, 0.2) is 30.3 Å². The Balaban J connectivity index is 3.18. The number of benzene rings is 1. The van der Waals surface area contributed by atoms with Gasteiger partial charge in [-0.3, -0.25) is 4.79 Å². The van der Waals surface area contributed by atoms with Crippen molar-refractivity contribution in [3.63, 3.8) is 0 Å². The Labute approximate surface area is 112 Å². The van der Waals surface area contributed by atoms with Gasteiger partial charge in [-0.2, -0.15) is 0 Å². The third-order valence-electron chi connectivity index (χ3n) is 3.08. The molecule has 18 heavy (non-hydrogen) atoms. The molecule has 0 aliphatic rings. The normalized spacial score (nSPS) is 15.4. The number of carbonyl (C=O) groups excluding carboxylic acids is 1. The van der Waals surface area contributed by atoms with Gasteiger partial charge in [0.15, 0.2) is 0 Å². The minimum absolute atomic E-state index is 0.104. The Morgan fingerprint density at radius 3 is 2.06 bits per heavy atom. The zero-order chi connectivity index (χ0) is 14.6. The van der Waals surface area contributed by atoms with Crippen molar-refractivity contribution in [3.05, 3.63) is 35.9 Å². The van der Waals surface area contributed by atoms with Crippen molar-refractivity contribution in [2.45, 2.75) is 59.0 Å². The van der Waals surface area contributed by atoms with Crippen LogP contribution in [-0.2, 0) is 4.79 Å². The van der Waals surface area contributed by atoms with E-state index < -0.39 is 5.89 Å². The molecule has 0 heterocycles. The van der Waals surface area contributed by atoms with Crippen molar-refractivity contribution in [3.8, 4) is 0 Å². The quantitative estimate of drug-likeness (QED) is 0.775. The van der Waals surface area contributed by atoms with E-state index >= 15 is 0 Å². The number of hydrogen-bond donors (Lipinski definition) is 0. The van der Waals surface area contributed by atoms with Crippen LogP contribution in [0.1, 0.15) is 53.9 Å². The van der Waals surface area contributed by atoms with Gasteiger partial charge in [0.2, 0.25) is 5.91 Å². The molecule has 1 rings (SSSR count). The summed E-state index contributed by atoms with van der Waals surface area (Å²) in [6.07, 6.45) is 0.478. The molecule has 0 N–H and O–H groups in total. The maximum Gasteiger partial charge on any atom is 0.230 e. The van der Waals surface area contributed by atoms with Crippen LogP contribution < -0.4 is 0 Å². The van der Waals surface area contributed by atoms with Gasteiger partial charge in [0, 0.05) is 13.5 Å². The fraction of sp³-hybridized carbons (Fsp3) is 0.562. The highest BCUT2D eigenvalue weighted by Crippen LogP contribution is 2.24.